The Balaban J connectivity index is 0.00000306. The summed E-state index contributed by atoms with van der Waals surface area (Å²) in [7, 11) is 0. The number of benzene rings is 1. The molecule has 174 valence electrons. The summed E-state index contributed by atoms with van der Waals surface area (Å²) in [6.45, 7) is 2.11. The topological polar surface area (TPSA) is 103 Å². The van der Waals surface area contributed by atoms with Crippen LogP contribution in [0.1, 0.15) is 39.4 Å². The third-order valence-electron chi connectivity index (χ3n) is 5.06. The van der Waals surface area contributed by atoms with E-state index in [1.807, 2.05) is 6.92 Å². The summed E-state index contributed by atoms with van der Waals surface area (Å²) < 4.78 is 42.6. The van der Waals surface area contributed by atoms with Gasteiger partial charge in [0.05, 0.1) is 17.8 Å². The van der Waals surface area contributed by atoms with Crippen LogP contribution in [-0.2, 0) is 6.42 Å². The quantitative estimate of drug-likeness (QED) is 0.562. The van der Waals surface area contributed by atoms with Gasteiger partial charge in [0.1, 0.15) is 17.3 Å². The third-order valence-corrected chi connectivity index (χ3v) is 5.06. The molecular weight excluding hydrogens is 459 g/mol. The standard InChI is InChI=1S/C21H18F3N5O3.H2S/c1-12-11-28(14-4-6-15(7-5-14)32-21(22,23)24)20(31)18-13(10-27-29(12)18)9-17(30)16-3-2-8-26-19(16)25;/h2-8,10,12H,9,11H2,1H3,(H2,25,26);1H2/t12-;/m0./s1. The summed E-state index contributed by atoms with van der Waals surface area (Å²) in [4.78, 5) is 31.3. The van der Waals surface area contributed by atoms with E-state index >= 15 is 0 Å². The van der Waals surface area contributed by atoms with Gasteiger partial charge in [-0.05, 0) is 43.3 Å². The van der Waals surface area contributed by atoms with Crippen molar-refractivity contribution in [1.29, 1.82) is 0 Å². The molecule has 0 saturated carbocycles. The minimum absolute atomic E-state index is 0. The average Bonchev–Trinajstić information content (AvgIpc) is 3.15. The number of aromatic nitrogens is 3. The molecule has 3 aromatic rings. The van der Waals surface area contributed by atoms with E-state index in [9.17, 15) is 22.8 Å². The summed E-state index contributed by atoms with van der Waals surface area (Å²) in [5.41, 5.74) is 7.10. The van der Waals surface area contributed by atoms with Crippen molar-refractivity contribution in [2.24, 2.45) is 0 Å². The molecule has 4 rings (SSSR count). The molecule has 12 heteroatoms. The van der Waals surface area contributed by atoms with Gasteiger partial charge in [0.25, 0.3) is 5.91 Å². The number of alkyl halides is 3. The maximum Gasteiger partial charge on any atom is 0.573 e. The monoisotopic (exact) mass is 479 g/mol. The van der Waals surface area contributed by atoms with Crippen molar-refractivity contribution in [2.75, 3.05) is 17.2 Å². The van der Waals surface area contributed by atoms with Crippen LogP contribution >= 0.6 is 13.5 Å². The summed E-state index contributed by atoms with van der Waals surface area (Å²) in [6.07, 6.45) is -1.96. The number of hydrogen-bond donors (Lipinski definition) is 1. The zero-order valence-electron chi connectivity index (χ0n) is 17.3. The lowest BCUT2D eigenvalue weighted by atomic mass is 10.0. The van der Waals surface area contributed by atoms with Gasteiger partial charge >= 0.3 is 6.36 Å². The first kappa shape index (κ1) is 24.1. The smallest absolute Gasteiger partial charge is 0.406 e. The number of carbonyl (C=O) groups is 2. The Labute approximate surface area is 193 Å². The van der Waals surface area contributed by atoms with E-state index in [1.54, 1.807) is 16.8 Å². The van der Waals surface area contributed by atoms with Gasteiger partial charge in [-0.25, -0.2) is 4.98 Å². The Morgan fingerprint density at radius 1 is 1.24 bits per heavy atom. The number of fused-ring (bicyclic) bond motifs is 1. The molecule has 1 amide bonds. The van der Waals surface area contributed by atoms with Crippen LogP contribution in [0, 0.1) is 0 Å². The number of anilines is 2. The Morgan fingerprint density at radius 3 is 2.58 bits per heavy atom. The molecule has 0 bridgehead atoms. The molecule has 1 aliphatic heterocycles. The summed E-state index contributed by atoms with van der Waals surface area (Å²) in [6, 6.07) is 7.96. The number of Topliss-reactive ketones (excluding diaryl/α,β-unsaturated/α-hetero) is 1. The summed E-state index contributed by atoms with van der Waals surface area (Å²) in [5.74, 6) is -1.00. The van der Waals surface area contributed by atoms with E-state index in [0.717, 1.165) is 12.1 Å². The molecule has 0 unspecified atom stereocenters. The minimum atomic E-state index is -4.80. The highest BCUT2D eigenvalue weighted by Crippen LogP contribution is 2.31. The first-order valence-electron chi connectivity index (χ1n) is 9.62. The van der Waals surface area contributed by atoms with Crippen molar-refractivity contribution in [3.05, 3.63) is 65.6 Å². The van der Waals surface area contributed by atoms with Crippen LogP contribution in [0.15, 0.2) is 48.8 Å². The van der Waals surface area contributed by atoms with Gasteiger partial charge in [-0.1, -0.05) is 0 Å². The SMILES string of the molecule is C[C@H]1CN(c2ccc(OC(F)(F)F)cc2)C(=O)c2c(CC(=O)c3cccnc3N)cnn21.S. The Kier molecular flexibility index (Phi) is 6.68. The van der Waals surface area contributed by atoms with Gasteiger partial charge < -0.3 is 15.4 Å². The van der Waals surface area contributed by atoms with E-state index < -0.39 is 12.3 Å². The van der Waals surface area contributed by atoms with Crippen LogP contribution in [0.3, 0.4) is 0 Å². The van der Waals surface area contributed by atoms with Gasteiger partial charge in [0, 0.05) is 30.4 Å². The molecule has 0 fully saturated rings. The van der Waals surface area contributed by atoms with E-state index in [1.165, 1.54) is 29.4 Å². The van der Waals surface area contributed by atoms with E-state index in [-0.39, 0.29) is 61.1 Å². The van der Waals surface area contributed by atoms with Crippen molar-refractivity contribution < 1.29 is 27.5 Å². The molecule has 0 spiro atoms. The lowest BCUT2D eigenvalue weighted by Gasteiger charge is -2.32. The molecule has 0 aliphatic carbocycles. The summed E-state index contributed by atoms with van der Waals surface area (Å²) >= 11 is 0. The minimum Gasteiger partial charge on any atom is -0.406 e. The molecule has 1 aliphatic rings. The van der Waals surface area contributed by atoms with Crippen molar-refractivity contribution >= 4 is 36.7 Å². The second-order valence-electron chi connectivity index (χ2n) is 7.31. The highest BCUT2D eigenvalue weighted by Gasteiger charge is 2.34. The third kappa shape index (κ3) is 4.95. The van der Waals surface area contributed by atoms with Crippen LogP contribution in [0.25, 0.3) is 0 Å². The molecule has 3 heterocycles. The van der Waals surface area contributed by atoms with Gasteiger partial charge in [-0.2, -0.15) is 18.6 Å². The highest BCUT2D eigenvalue weighted by molar-refractivity contribution is 7.59. The maximum absolute atomic E-state index is 13.2. The Bertz CT molecular complexity index is 1180. The second-order valence-corrected chi connectivity index (χ2v) is 7.31. The van der Waals surface area contributed by atoms with Crippen molar-refractivity contribution in [1.82, 2.24) is 14.8 Å². The van der Waals surface area contributed by atoms with Crippen LogP contribution in [0.4, 0.5) is 24.7 Å². The number of pyridine rings is 1. The zero-order valence-corrected chi connectivity index (χ0v) is 18.3. The van der Waals surface area contributed by atoms with Crippen molar-refractivity contribution in [3.63, 3.8) is 0 Å². The van der Waals surface area contributed by atoms with Gasteiger partial charge in [-0.3, -0.25) is 14.3 Å². The normalized spacial score (nSPS) is 15.6. The van der Waals surface area contributed by atoms with Crippen LogP contribution < -0.4 is 15.4 Å². The fourth-order valence-corrected chi connectivity index (χ4v) is 3.62. The van der Waals surface area contributed by atoms with Gasteiger partial charge in [-0.15, -0.1) is 13.2 Å². The number of rotatable bonds is 5. The van der Waals surface area contributed by atoms with Crippen molar-refractivity contribution in [3.8, 4) is 5.75 Å². The Morgan fingerprint density at radius 2 is 1.94 bits per heavy atom. The fraction of sp³-hybridized carbons (Fsp3) is 0.238. The molecule has 33 heavy (non-hydrogen) atoms. The number of nitrogens with two attached hydrogens (primary N) is 1. The number of nitrogen functional groups attached to an aromatic ring is 1. The second kappa shape index (κ2) is 9.14. The molecular formula is C21H20F3N5O3S. The molecule has 1 atom stereocenters. The molecule has 8 nitrogen and oxygen atoms in total. The molecule has 0 radical (unpaired) electrons. The van der Waals surface area contributed by atoms with Crippen LogP contribution in [-0.4, -0.2) is 39.4 Å². The number of nitrogens with zero attached hydrogens (tertiary/aromatic N) is 4. The first-order valence-corrected chi connectivity index (χ1v) is 9.62. The lowest BCUT2D eigenvalue weighted by molar-refractivity contribution is -0.274. The molecule has 0 saturated heterocycles. The van der Waals surface area contributed by atoms with Crippen molar-refractivity contribution in [2.45, 2.75) is 25.7 Å². The molecule has 1 aromatic carbocycles. The molecule has 2 N–H and O–H groups in total. The van der Waals surface area contributed by atoms with Gasteiger partial charge in [0.15, 0.2) is 5.78 Å². The number of ketones is 1. The predicted molar refractivity (Wildman–Crippen MR) is 119 cm³/mol. The number of amides is 1. The number of carbonyl (C=O) groups excluding carboxylic acids is 2. The first-order chi connectivity index (χ1) is 15.1. The highest BCUT2D eigenvalue weighted by atomic mass is 32.1. The largest absolute Gasteiger partial charge is 0.573 e. The number of ether oxygens (including phenoxy) is 1. The Hall–Kier alpha value is -3.54. The van der Waals surface area contributed by atoms with E-state index in [2.05, 4.69) is 14.8 Å². The fourth-order valence-electron chi connectivity index (χ4n) is 3.62. The molecule has 2 aromatic heterocycles. The average molecular weight is 479 g/mol. The van der Waals surface area contributed by atoms with Crippen LogP contribution in [0.2, 0.25) is 0 Å². The predicted octanol–water partition coefficient (Wildman–Crippen LogP) is 3.52. The van der Waals surface area contributed by atoms with E-state index in [4.69, 9.17) is 5.73 Å². The maximum atomic E-state index is 13.2. The van der Waals surface area contributed by atoms with Gasteiger partial charge in [0.2, 0.25) is 0 Å². The zero-order chi connectivity index (χ0) is 23.0. The van der Waals surface area contributed by atoms with E-state index in [0.29, 0.717) is 11.3 Å². The summed E-state index contributed by atoms with van der Waals surface area (Å²) in [5, 5.41) is 4.26. The number of halogens is 3. The lowest BCUT2D eigenvalue weighted by Crippen LogP contribution is -2.43. The number of hydrogen-bond acceptors (Lipinski definition) is 6. The van der Waals surface area contributed by atoms with Crippen LogP contribution in [0.5, 0.6) is 5.75 Å².